The average molecular weight is 375 g/mol. The molecule has 0 saturated carbocycles. The summed E-state index contributed by atoms with van der Waals surface area (Å²) in [5.41, 5.74) is 1.67. The van der Waals surface area contributed by atoms with Crippen LogP contribution < -0.4 is 5.32 Å². The molecule has 104 valence electrons. The van der Waals surface area contributed by atoms with Gasteiger partial charge in [-0.25, -0.2) is 4.79 Å². The van der Waals surface area contributed by atoms with Gasteiger partial charge < -0.3 is 10.4 Å². The zero-order chi connectivity index (χ0) is 14.7. The fourth-order valence-corrected chi connectivity index (χ4v) is 2.38. The summed E-state index contributed by atoms with van der Waals surface area (Å²) in [6, 6.07) is 10.3. The Labute approximate surface area is 134 Å². The number of halogens is 3. The maximum Gasteiger partial charge on any atom is 0.337 e. The Morgan fingerprint density at radius 3 is 2.55 bits per heavy atom. The van der Waals surface area contributed by atoms with Gasteiger partial charge in [-0.05, 0) is 35.9 Å². The molecule has 0 aliphatic heterocycles. The fourth-order valence-electron chi connectivity index (χ4n) is 1.69. The van der Waals surface area contributed by atoms with Crippen LogP contribution in [0.4, 0.5) is 5.69 Å². The van der Waals surface area contributed by atoms with E-state index in [2.05, 4.69) is 21.2 Å². The lowest BCUT2D eigenvalue weighted by atomic mass is 10.1. The molecule has 0 radical (unpaired) electrons. The molecule has 0 unspecified atom stereocenters. The molecular weight excluding hydrogens is 365 g/mol. The van der Waals surface area contributed by atoms with Gasteiger partial charge in [-0.2, -0.15) is 0 Å². The molecular formula is C14H10BrCl2NO2. The van der Waals surface area contributed by atoms with Crippen molar-refractivity contribution in [1.82, 2.24) is 0 Å². The highest BCUT2D eigenvalue weighted by atomic mass is 79.9. The molecule has 0 fully saturated rings. The molecule has 6 heteroatoms. The number of anilines is 1. The predicted octanol–water partition coefficient (Wildman–Crippen LogP) is 5.07. The number of hydrogen-bond acceptors (Lipinski definition) is 2. The van der Waals surface area contributed by atoms with Gasteiger partial charge in [0, 0.05) is 16.7 Å². The van der Waals surface area contributed by atoms with Crippen LogP contribution in [0.25, 0.3) is 0 Å². The van der Waals surface area contributed by atoms with Gasteiger partial charge in [0.15, 0.2) is 0 Å². The maximum atomic E-state index is 11.2. The van der Waals surface area contributed by atoms with Gasteiger partial charge in [-0.1, -0.05) is 45.2 Å². The molecule has 2 N–H and O–H groups in total. The third kappa shape index (κ3) is 3.66. The first-order valence-electron chi connectivity index (χ1n) is 5.68. The molecule has 0 atom stereocenters. The quantitative estimate of drug-likeness (QED) is 0.785. The number of carbonyl (C=O) groups is 1. The Balaban J connectivity index is 2.18. The topological polar surface area (TPSA) is 49.3 Å². The van der Waals surface area contributed by atoms with E-state index in [0.29, 0.717) is 22.3 Å². The van der Waals surface area contributed by atoms with E-state index in [0.717, 1.165) is 10.0 Å². The van der Waals surface area contributed by atoms with Crippen LogP contribution in [-0.2, 0) is 6.54 Å². The number of carboxylic acids is 1. The zero-order valence-corrected chi connectivity index (χ0v) is 13.3. The first kappa shape index (κ1) is 15.2. The number of hydrogen-bond donors (Lipinski definition) is 2. The first-order valence-corrected chi connectivity index (χ1v) is 7.23. The second kappa shape index (κ2) is 6.48. The Morgan fingerprint density at radius 1 is 1.15 bits per heavy atom. The molecule has 3 nitrogen and oxygen atoms in total. The molecule has 0 amide bonds. The molecule has 0 spiro atoms. The van der Waals surface area contributed by atoms with E-state index in [9.17, 15) is 4.79 Å². The first-order chi connectivity index (χ1) is 9.47. The van der Waals surface area contributed by atoms with Gasteiger partial charge in [-0.3, -0.25) is 0 Å². The van der Waals surface area contributed by atoms with E-state index >= 15 is 0 Å². The van der Waals surface area contributed by atoms with Crippen molar-refractivity contribution in [2.75, 3.05) is 5.32 Å². The van der Waals surface area contributed by atoms with E-state index in [4.69, 9.17) is 28.3 Å². The van der Waals surface area contributed by atoms with Crippen molar-refractivity contribution >= 4 is 50.8 Å². The van der Waals surface area contributed by atoms with Crippen molar-refractivity contribution in [1.29, 1.82) is 0 Å². The Bertz CT molecular complexity index is 662. The summed E-state index contributed by atoms with van der Waals surface area (Å²) in [6.07, 6.45) is 0. The number of nitrogens with one attached hydrogen (secondary N) is 1. The van der Waals surface area contributed by atoms with Crippen LogP contribution >= 0.6 is 39.1 Å². The van der Waals surface area contributed by atoms with Gasteiger partial charge >= 0.3 is 5.97 Å². The van der Waals surface area contributed by atoms with Crippen LogP contribution in [-0.4, -0.2) is 11.1 Å². The van der Waals surface area contributed by atoms with Crippen molar-refractivity contribution in [3.05, 3.63) is 62.0 Å². The molecule has 2 aromatic rings. The van der Waals surface area contributed by atoms with Crippen LogP contribution in [0.15, 0.2) is 40.9 Å². The largest absolute Gasteiger partial charge is 0.478 e. The smallest absolute Gasteiger partial charge is 0.337 e. The number of benzene rings is 2. The van der Waals surface area contributed by atoms with Crippen LogP contribution in [0.3, 0.4) is 0 Å². The van der Waals surface area contributed by atoms with Crippen molar-refractivity contribution in [2.45, 2.75) is 6.54 Å². The lowest BCUT2D eigenvalue weighted by Crippen LogP contribution is -2.06. The molecule has 2 aromatic carbocycles. The van der Waals surface area contributed by atoms with Crippen molar-refractivity contribution < 1.29 is 9.90 Å². The highest BCUT2D eigenvalue weighted by Crippen LogP contribution is 2.25. The molecule has 20 heavy (non-hydrogen) atoms. The second-order valence-corrected chi connectivity index (χ2v) is 5.83. The van der Waals surface area contributed by atoms with Gasteiger partial charge in [-0.15, -0.1) is 0 Å². The summed E-state index contributed by atoms with van der Waals surface area (Å²) in [4.78, 5) is 11.2. The minimum atomic E-state index is -0.983. The summed E-state index contributed by atoms with van der Waals surface area (Å²) < 4.78 is 0.718. The fraction of sp³-hybridized carbons (Fsp3) is 0.0714. The second-order valence-electron chi connectivity index (χ2n) is 4.10. The average Bonchev–Trinajstić information content (AvgIpc) is 2.41. The number of rotatable bonds is 4. The molecule has 0 aliphatic carbocycles. The lowest BCUT2D eigenvalue weighted by molar-refractivity contribution is 0.0698. The zero-order valence-electron chi connectivity index (χ0n) is 10.2. The SMILES string of the molecule is O=C(O)c1cc(Br)ccc1NCc1ccc(Cl)c(Cl)c1. The highest BCUT2D eigenvalue weighted by Gasteiger charge is 2.10. The normalized spacial score (nSPS) is 10.3. The third-order valence-corrected chi connectivity index (χ3v) is 3.91. The standard InChI is InChI=1S/C14H10BrCl2NO2/c15-9-2-4-13(10(6-9)14(19)20)18-7-8-1-3-11(16)12(17)5-8/h1-6,18H,7H2,(H,19,20). The summed E-state index contributed by atoms with van der Waals surface area (Å²) in [7, 11) is 0. The molecule has 0 saturated heterocycles. The van der Waals surface area contributed by atoms with Gasteiger partial charge in [0.05, 0.1) is 15.6 Å². The van der Waals surface area contributed by atoms with E-state index in [1.54, 1.807) is 30.3 Å². The van der Waals surface area contributed by atoms with Crippen LogP contribution in [0.2, 0.25) is 10.0 Å². The van der Waals surface area contributed by atoms with Crippen LogP contribution in [0, 0.1) is 0 Å². The Kier molecular flexibility index (Phi) is 4.91. The minimum Gasteiger partial charge on any atom is -0.478 e. The van der Waals surface area contributed by atoms with Gasteiger partial charge in [0.2, 0.25) is 0 Å². The van der Waals surface area contributed by atoms with E-state index in [1.807, 2.05) is 6.07 Å². The number of carboxylic acid groups (broad SMARTS) is 1. The maximum absolute atomic E-state index is 11.2. The van der Waals surface area contributed by atoms with Gasteiger partial charge in [0.1, 0.15) is 0 Å². The Hall–Kier alpha value is -1.23. The predicted molar refractivity (Wildman–Crippen MR) is 84.9 cm³/mol. The van der Waals surface area contributed by atoms with Crippen molar-refractivity contribution in [3.63, 3.8) is 0 Å². The molecule has 2 rings (SSSR count). The number of aromatic carboxylic acids is 1. The Morgan fingerprint density at radius 2 is 1.90 bits per heavy atom. The summed E-state index contributed by atoms with van der Waals surface area (Å²) in [6.45, 7) is 0.457. The van der Waals surface area contributed by atoms with Crippen LogP contribution in [0.5, 0.6) is 0 Å². The van der Waals surface area contributed by atoms with E-state index in [-0.39, 0.29) is 5.56 Å². The van der Waals surface area contributed by atoms with Gasteiger partial charge in [0.25, 0.3) is 0 Å². The van der Waals surface area contributed by atoms with Crippen molar-refractivity contribution in [2.24, 2.45) is 0 Å². The van der Waals surface area contributed by atoms with E-state index in [1.165, 1.54) is 0 Å². The van der Waals surface area contributed by atoms with Crippen LogP contribution in [0.1, 0.15) is 15.9 Å². The summed E-state index contributed by atoms with van der Waals surface area (Å²) in [5, 5.41) is 13.2. The third-order valence-electron chi connectivity index (χ3n) is 2.68. The molecule has 0 aromatic heterocycles. The molecule has 0 heterocycles. The summed E-state index contributed by atoms with van der Waals surface area (Å²) >= 11 is 15.0. The van der Waals surface area contributed by atoms with E-state index < -0.39 is 5.97 Å². The molecule has 0 bridgehead atoms. The van der Waals surface area contributed by atoms with Crippen molar-refractivity contribution in [3.8, 4) is 0 Å². The lowest BCUT2D eigenvalue weighted by Gasteiger charge is -2.10. The minimum absolute atomic E-state index is 0.208. The monoisotopic (exact) mass is 373 g/mol. The summed E-state index contributed by atoms with van der Waals surface area (Å²) in [5.74, 6) is -0.983. The molecule has 0 aliphatic rings. The highest BCUT2D eigenvalue weighted by molar-refractivity contribution is 9.10.